The standard InChI is InChI=1S/C21H18Cl2N2O3/c1-12(26)13-3-5-14(6-4-13)21(10-28-11-21)24-20(27)18-9-15-17(25(18)2)8-7-16(22)19(15)23/h3-9H,10-11H2,1-2H3,(H,24,27). The topological polar surface area (TPSA) is 60.3 Å². The summed E-state index contributed by atoms with van der Waals surface area (Å²) in [7, 11) is 1.81. The molecule has 1 N–H and O–H groups in total. The van der Waals surface area contributed by atoms with E-state index >= 15 is 0 Å². The number of carbonyl (C=O) groups is 2. The highest BCUT2D eigenvalue weighted by molar-refractivity contribution is 6.45. The van der Waals surface area contributed by atoms with Crippen molar-refractivity contribution in [3.8, 4) is 0 Å². The van der Waals surface area contributed by atoms with Crippen LogP contribution >= 0.6 is 23.2 Å². The lowest BCUT2D eigenvalue weighted by Gasteiger charge is -2.42. The second-order valence-corrected chi connectivity index (χ2v) is 7.83. The highest BCUT2D eigenvalue weighted by Gasteiger charge is 2.42. The van der Waals surface area contributed by atoms with Gasteiger partial charge in [0.25, 0.3) is 5.91 Å². The van der Waals surface area contributed by atoms with Crippen molar-refractivity contribution in [2.75, 3.05) is 13.2 Å². The number of hydrogen-bond acceptors (Lipinski definition) is 3. The third kappa shape index (κ3) is 3.00. The fourth-order valence-electron chi connectivity index (χ4n) is 3.49. The monoisotopic (exact) mass is 416 g/mol. The van der Waals surface area contributed by atoms with Crippen LogP contribution in [0.1, 0.15) is 33.3 Å². The Morgan fingerprint density at radius 1 is 1.11 bits per heavy atom. The predicted molar refractivity (Wildman–Crippen MR) is 109 cm³/mol. The van der Waals surface area contributed by atoms with Gasteiger partial charge in [0.15, 0.2) is 5.78 Å². The average Bonchev–Trinajstić information content (AvgIpc) is 2.99. The number of halogens is 2. The Labute approximate surface area is 172 Å². The summed E-state index contributed by atoms with van der Waals surface area (Å²) in [4.78, 5) is 24.6. The Bertz CT molecular complexity index is 1100. The molecule has 1 fully saturated rings. The SMILES string of the molecule is CC(=O)c1ccc(C2(NC(=O)c3cc4c(Cl)c(Cl)ccc4n3C)COC2)cc1. The predicted octanol–water partition coefficient (Wildman–Crippen LogP) is 4.34. The third-order valence-corrected chi connectivity index (χ3v) is 6.06. The molecule has 28 heavy (non-hydrogen) atoms. The molecule has 2 heterocycles. The van der Waals surface area contributed by atoms with Crippen LogP contribution in [0.25, 0.3) is 10.9 Å². The van der Waals surface area contributed by atoms with E-state index in [2.05, 4.69) is 5.32 Å². The van der Waals surface area contributed by atoms with Crippen molar-refractivity contribution >= 4 is 45.8 Å². The third-order valence-electron chi connectivity index (χ3n) is 5.24. The second kappa shape index (κ2) is 6.92. The smallest absolute Gasteiger partial charge is 0.268 e. The van der Waals surface area contributed by atoms with Crippen LogP contribution in [0.4, 0.5) is 0 Å². The summed E-state index contributed by atoms with van der Waals surface area (Å²) in [5, 5.41) is 4.70. The molecule has 1 amide bonds. The Kier molecular flexibility index (Phi) is 4.70. The molecule has 0 unspecified atom stereocenters. The Hall–Kier alpha value is -2.34. The van der Waals surface area contributed by atoms with Gasteiger partial charge in [-0.3, -0.25) is 9.59 Å². The van der Waals surface area contributed by atoms with Crippen molar-refractivity contribution in [2.24, 2.45) is 7.05 Å². The van der Waals surface area contributed by atoms with Crippen LogP contribution in [0.5, 0.6) is 0 Å². The molecule has 0 bridgehead atoms. The minimum Gasteiger partial charge on any atom is -0.376 e. The van der Waals surface area contributed by atoms with E-state index in [1.165, 1.54) is 6.92 Å². The molecule has 2 aromatic carbocycles. The van der Waals surface area contributed by atoms with E-state index in [0.717, 1.165) is 16.5 Å². The Balaban J connectivity index is 1.67. The number of Topliss-reactive ketones (excluding diaryl/α,β-unsaturated/α-hetero) is 1. The average molecular weight is 417 g/mol. The summed E-state index contributed by atoms with van der Waals surface area (Å²) in [6, 6.07) is 12.5. The molecular formula is C21H18Cl2N2O3. The quantitative estimate of drug-likeness (QED) is 0.643. The molecule has 0 atom stereocenters. The van der Waals surface area contributed by atoms with Gasteiger partial charge in [0.2, 0.25) is 0 Å². The Morgan fingerprint density at radius 2 is 1.79 bits per heavy atom. The van der Waals surface area contributed by atoms with E-state index in [1.807, 2.05) is 25.2 Å². The molecule has 1 aliphatic rings. The normalized spacial score (nSPS) is 15.3. The highest BCUT2D eigenvalue weighted by Crippen LogP contribution is 2.34. The Morgan fingerprint density at radius 3 is 2.36 bits per heavy atom. The van der Waals surface area contributed by atoms with E-state index in [0.29, 0.717) is 34.5 Å². The number of fused-ring (bicyclic) bond motifs is 1. The first-order chi connectivity index (χ1) is 13.3. The van der Waals surface area contributed by atoms with Gasteiger partial charge in [-0.2, -0.15) is 0 Å². The highest BCUT2D eigenvalue weighted by atomic mass is 35.5. The molecule has 4 rings (SSSR count). The lowest BCUT2D eigenvalue weighted by atomic mass is 9.87. The van der Waals surface area contributed by atoms with E-state index < -0.39 is 5.54 Å². The number of nitrogens with one attached hydrogen (secondary N) is 1. The van der Waals surface area contributed by atoms with Gasteiger partial charge in [-0.15, -0.1) is 0 Å². The summed E-state index contributed by atoms with van der Waals surface area (Å²) in [6.45, 7) is 2.26. The number of amides is 1. The van der Waals surface area contributed by atoms with E-state index in [9.17, 15) is 9.59 Å². The summed E-state index contributed by atoms with van der Waals surface area (Å²) >= 11 is 12.4. The van der Waals surface area contributed by atoms with Crippen LogP contribution in [-0.2, 0) is 17.3 Å². The lowest BCUT2D eigenvalue weighted by Crippen LogP contribution is -2.59. The molecule has 5 nitrogen and oxygen atoms in total. The van der Waals surface area contributed by atoms with E-state index in [1.54, 1.807) is 28.8 Å². The molecular weight excluding hydrogens is 399 g/mol. The largest absolute Gasteiger partial charge is 0.376 e. The van der Waals surface area contributed by atoms with Crippen LogP contribution in [0.2, 0.25) is 10.0 Å². The minimum atomic E-state index is -0.621. The summed E-state index contributed by atoms with van der Waals surface area (Å²) in [6.07, 6.45) is 0. The zero-order chi connectivity index (χ0) is 20.1. The maximum absolute atomic E-state index is 13.1. The fourth-order valence-corrected chi connectivity index (χ4v) is 3.87. The van der Waals surface area contributed by atoms with Crippen molar-refractivity contribution in [3.05, 3.63) is 69.3 Å². The second-order valence-electron chi connectivity index (χ2n) is 7.05. The van der Waals surface area contributed by atoms with E-state index in [-0.39, 0.29) is 11.7 Å². The maximum atomic E-state index is 13.1. The first-order valence-corrected chi connectivity index (χ1v) is 9.53. The summed E-state index contributed by atoms with van der Waals surface area (Å²) in [5.74, 6) is -0.231. The maximum Gasteiger partial charge on any atom is 0.268 e. The number of ketones is 1. The van der Waals surface area contributed by atoms with E-state index in [4.69, 9.17) is 27.9 Å². The van der Waals surface area contributed by atoms with Gasteiger partial charge < -0.3 is 14.6 Å². The lowest BCUT2D eigenvalue weighted by molar-refractivity contribution is -0.0734. The van der Waals surface area contributed by atoms with Gasteiger partial charge in [-0.25, -0.2) is 0 Å². The van der Waals surface area contributed by atoms with Gasteiger partial charge in [-0.05, 0) is 30.7 Å². The molecule has 7 heteroatoms. The summed E-state index contributed by atoms with van der Waals surface area (Å²) in [5.41, 5.74) is 2.21. The number of aromatic nitrogens is 1. The van der Waals surface area contributed by atoms with Crippen molar-refractivity contribution in [1.29, 1.82) is 0 Å². The molecule has 0 spiro atoms. The zero-order valence-electron chi connectivity index (χ0n) is 15.4. The number of nitrogens with zero attached hydrogens (tertiary/aromatic N) is 1. The van der Waals surface area contributed by atoms with Crippen LogP contribution in [0.15, 0.2) is 42.5 Å². The first-order valence-electron chi connectivity index (χ1n) is 8.77. The van der Waals surface area contributed by atoms with Crippen molar-refractivity contribution < 1.29 is 14.3 Å². The minimum absolute atomic E-state index is 0.000495. The number of aryl methyl sites for hydroxylation is 1. The molecule has 1 aliphatic heterocycles. The number of benzene rings is 2. The van der Waals surface area contributed by atoms with Gasteiger partial charge >= 0.3 is 0 Å². The number of ether oxygens (including phenoxy) is 1. The van der Waals surface area contributed by atoms with Crippen LogP contribution in [0.3, 0.4) is 0 Å². The van der Waals surface area contributed by atoms with Crippen LogP contribution in [-0.4, -0.2) is 29.5 Å². The van der Waals surface area contributed by atoms with Gasteiger partial charge in [0, 0.05) is 23.5 Å². The van der Waals surface area contributed by atoms with Crippen molar-refractivity contribution in [3.63, 3.8) is 0 Å². The fraction of sp³-hybridized carbons (Fsp3) is 0.238. The molecule has 1 aromatic heterocycles. The zero-order valence-corrected chi connectivity index (χ0v) is 16.9. The molecule has 1 saturated heterocycles. The summed E-state index contributed by atoms with van der Waals surface area (Å²) < 4.78 is 7.19. The molecule has 0 saturated carbocycles. The number of carbonyl (C=O) groups excluding carboxylic acids is 2. The van der Waals surface area contributed by atoms with Crippen LogP contribution < -0.4 is 5.32 Å². The van der Waals surface area contributed by atoms with Gasteiger partial charge in [-0.1, -0.05) is 47.5 Å². The molecule has 3 aromatic rings. The van der Waals surface area contributed by atoms with Gasteiger partial charge in [0.1, 0.15) is 11.2 Å². The first kappa shape index (κ1) is 19.0. The van der Waals surface area contributed by atoms with Crippen molar-refractivity contribution in [1.82, 2.24) is 9.88 Å². The van der Waals surface area contributed by atoms with Crippen molar-refractivity contribution in [2.45, 2.75) is 12.5 Å². The number of hydrogen-bond donors (Lipinski definition) is 1. The van der Waals surface area contributed by atoms with Crippen LogP contribution in [0, 0.1) is 0 Å². The number of rotatable bonds is 4. The molecule has 0 radical (unpaired) electrons. The van der Waals surface area contributed by atoms with Gasteiger partial charge in [0.05, 0.1) is 23.3 Å². The molecule has 0 aliphatic carbocycles. The molecule has 144 valence electrons.